The van der Waals surface area contributed by atoms with E-state index in [0.717, 1.165) is 0 Å². The van der Waals surface area contributed by atoms with Gasteiger partial charge in [0, 0.05) is 12.1 Å². The Hall–Kier alpha value is -3.09. The van der Waals surface area contributed by atoms with Crippen molar-refractivity contribution in [1.82, 2.24) is 0 Å². The molecule has 6 N–H and O–H groups in total. The quantitative estimate of drug-likeness (QED) is 0.345. The number of methoxy groups -OCH3 is 1. The zero-order valence-electron chi connectivity index (χ0n) is 16.8. The van der Waals surface area contributed by atoms with Crippen LogP contribution in [0.25, 0.3) is 0 Å². The Labute approximate surface area is 181 Å². The van der Waals surface area contributed by atoms with E-state index in [4.69, 9.17) is 18.9 Å². The Balaban J connectivity index is 1.75. The van der Waals surface area contributed by atoms with Gasteiger partial charge >= 0.3 is 0 Å². The Morgan fingerprint density at radius 2 is 1.72 bits per heavy atom. The molecule has 0 unspecified atom stereocenters. The highest BCUT2D eigenvalue weighted by Gasteiger charge is 2.46. The highest BCUT2D eigenvalue weighted by molar-refractivity contribution is 6.05. The number of ether oxygens (including phenoxy) is 4. The molecule has 1 saturated heterocycles. The van der Waals surface area contributed by atoms with E-state index in [2.05, 4.69) is 0 Å². The van der Waals surface area contributed by atoms with E-state index >= 15 is 0 Å². The lowest BCUT2D eigenvalue weighted by atomic mass is 9.92. The maximum atomic E-state index is 13.3. The van der Waals surface area contributed by atoms with Gasteiger partial charge in [-0.3, -0.25) is 4.79 Å². The van der Waals surface area contributed by atoms with Crippen LogP contribution in [0.2, 0.25) is 0 Å². The standard InChI is InChI=1S/C21H22O11/c1-29-9-5-12(24)15-14(6-9)31-19(8-2-3-10(22)11(23)4-8)20(17(15)27)32-21-18(28)16(26)13(25)7-30-21/h2-6,13,16,18-26,28H,7H2,1H3/t13-,16-,18+,19-,20+,21+/m1/s1. The number of ketones is 1. The summed E-state index contributed by atoms with van der Waals surface area (Å²) in [6.07, 6.45) is -8.78. The van der Waals surface area contributed by atoms with Gasteiger partial charge in [0.15, 0.2) is 30.0 Å². The smallest absolute Gasteiger partial charge is 0.203 e. The first-order valence-corrected chi connectivity index (χ1v) is 9.66. The molecule has 11 nitrogen and oxygen atoms in total. The van der Waals surface area contributed by atoms with E-state index < -0.39 is 59.8 Å². The zero-order chi connectivity index (χ0) is 23.2. The molecule has 172 valence electrons. The summed E-state index contributed by atoms with van der Waals surface area (Å²) in [6, 6.07) is 6.37. The van der Waals surface area contributed by atoms with Crippen LogP contribution >= 0.6 is 0 Å². The molecule has 2 aromatic rings. The number of carbonyl (C=O) groups is 1. The van der Waals surface area contributed by atoms with Crippen molar-refractivity contribution in [2.24, 2.45) is 0 Å². The van der Waals surface area contributed by atoms with E-state index in [9.17, 15) is 35.4 Å². The van der Waals surface area contributed by atoms with Gasteiger partial charge in [-0.25, -0.2) is 0 Å². The third-order valence-corrected chi connectivity index (χ3v) is 5.39. The maximum absolute atomic E-state index is 13.3. The van der Waals surface area contributed by atoms with Gasteiger partial charge in [-0.2, -0.15) is 0 Å². The summed E-state index contributed by atoms with van der Waals surface area (Å²) in [5.41, 5.74) is 0.0402. The number of hydrogen-bond donors (Lipinski definition) is 6. The lowest BCUT2D eigenvalue weighted by Gasteiger charge is -2.39. The molecule has 2 heterocycles. The predicted octanol–water partition coefficient (Wildman–Crippen LogP) is -0.0474. The Morgan fingerprint density at radius 3 is 2.41 bits per heavy atom. The second kappa shape index (κ2) is 8.45. The summed E-state index contributed by atoms with van der Waals surface area (Å²) >= 11 is 0. The van der Waals surface area contributed by atoms with Crippen LogP contribution in [-0.2, 0) is 9.47 Å². The van der Waals surface area contributed by atoms with Crippen molar-refractivity contribution in [2.75, 3.05) is 13.7 Å². The highest BCUT2D eigenvalue weighted by atomic mass is 16.7. The van der Waals surface area contributed by atoms with Crippen LogP contribution < -0.4 is 9.47 Å². The van der Waals surface area contributed by atoms with Crippen LogP contribution in [-0.4, -0.2) is 80.8 Å². The van der Waals surface area contributed by atoms with Crippen molar-refractivity contribution < 1.29 is 54.4 Å². The number of phenolic OH excluding ortho intramolecular Hbond substituents is 3. The first-order chi connectivity index (χ1) is 15.2. The fourth-order valence-corrected chi connectivity index (χ4v) is 3.65. The normalized spacial score (nSPS) is 29.8. The summed E-state index contributed by atoms with van der Waals surface area (Å²) in [4.78, 5) is 13.3. The Kier molecular flexibility index (Phi) is 5.84. The molecule has 0 bridgehead atoms. The third kappa shape index (κ3) is 3.80. The second-order valence-electron chi connectivity index (χ2n) is 7.48. The van der Waals surface area contributed by atoms with Crippen LogP contribution in [0.15, 0.2) is 30.3 Å². The van der Waals surface area contributed by atoms with Crippen molar-refractivity contribution in [2.45, 2.75) is 36.8 Å². The summed E-state index contributed by atoms with van der Waals surface area (Å²) < 4.78 is 21.9. The second-order valence-corrected chi connectivity index (χ2v) is 7.48. The molecule has 4 rings (SSSR count). The molecule has 6 atom stereocenters. The van der Waals surface area contributed by atoms with Crippen LogP contribution in [0.5, 0.6) is 28.7 Å². The average molecular weight is 450 g/mol. The number of carbonyl (C=O) groups excluding carboxylic acids is 1. The lowest BCUT2D eigenvalue weighted by Crippen LogP contribution is -2.56. The first-order valence-electron chi connectivity index (χ1n) is 9.66. The van der Waals surface area contributed by atoms with Gasteiger partial charge in [-0.05, 0) is 17.7 Å². The predicted molar refractivity (Wildman–Crippen MR) is 105 cm³/mol. The molecule has 0 spiro atoms. The van der Waals surface area contributed by atoms with E-state index in [1.807, 2.05) is 0 Å². The van der Waals surface area contributed by atoms with Crippen LogP contribution in [0, 0.1) is 0 Å². The van der Waals surface area contributed by atoms with Crippen molar-refractivity contribution in [1.29, 1.82) is 0 Å². The third-order valence-electron chi connectivity index (χ3n) is 5.39. The molecule has 32 heavy (non-hydrogen) atoms. The molecular formula is C21H22O11. The number of fused-ring (bicyclic) bond motifs is 1. The SMILES string of the molecule is COc1cc(O)c2c(c1)O[C@H](c1ccc(O)c(O)c1)[C@@H](O[C@@H]1OC[C@@H](O)[C@@H](O)[C@@H]1O)C2=O. The molecule has 0 saturated carbocycles. The van der Waals surface area contributed by atoms with Gasteiger partial charge < -0.3 is 49.6 Å². The minimum atomic E-state index is -1.67. The maximum Gasteiger partial charge on any atom is 0.203 e. The van der Waals surface area contributed by atoms with Crippen LogP contribution in [0.1, 0.15) is 22.0 Å². The molecule has 2 aromatic carbocycles. The number of phenols is 3. The van der Waals surface area contributed by atoms with E-state index in [0.29, 0.717) is 0 Å². The van der Waals surface area contributed by atoms with Gasteiger partial charge in [0.05, 0.1) is 13.7 Å². The largest absolute Gasteiger partial charge is 0.507 e. The first kappa shape index (κ1) is 22.1. The van der Waals surface area contributed by atoms with Crippen molar-refractivity contribution in [3.05, 3.63) is 41.5 Å². The van der Waals surface area contributed by atoms with E-state index in [1.54, 1.807) is 0 Å². The lowest BCUT2D eigenvalue weighted by molar-refractivity contribution is -0.283. The summed E-state index contributed by atoms with van der Waals surface area (Å²) in [5, 5.41) is 59.7. The summed E-state index contributed by atoms with van der Waals surface area (Å²) in [7, 11) is 1.37. The summed E-state index contributed by atoms with van der Waals surface area (Å²) in [6.45, 7) is -0.353. The van der Waals surface area contributed by atoms with Crippen molar-refractivity contribution >= 4 is 5.78 Å². The van der Waals surface area contributed by atoms with Gasteiger partial charge in [-0.1, -0.05) is 6.07 Å². The Bertz CT molecular complexity index is 1020. The number of aliphatic hydroxyl groups excluding tert-OH is 3. The van der Waals surface area contributed by atoms with E-state index in [-0.39, 0.29) is 29.2 Å². The van der Waals surface area contributed by atoms with Gasteiger partial charge in [0.1, 0.15) is 41.1 Å². The number of aromatic hydroxyl groups is 3. The monoisotopic (exact) mass is 450 g/mol. The minimum Gasteiger partial charge on any atom is -0.507 e. The molecule has 1 fully saturated rings. The molecule has 0 radical (unpaired) electrons. The fourth-order valence-electron chi connectivity index (χ4n) is 3.65. The van der Waals surface area contributed by atoms with E-state index in [1.165, 1.54) is 37.4 Å². The molecule has 0 aromatic heterocycles. The molecule has 0 aliphatic carbocycles. The van der Waals surface area contributed by atoms with Gasteiger partial charge in [-0.15, -0.1) is 0 Å². The topological polar surface area (TPSA) is 175 Å². The molecule has 2 aliphatic rings. The number of Topliss-reactive ketones (excluding diaryl/α,β-unsaturated/α-hetero) is 1. The molecular weight excluding hydrogens is 428 g/mol. The summed E-state index contributed by atoms with van der Waals surface area (Å²) in [5.74, 6) is -1.79. The van der Waals surface area contributed by atoms with Crippen LogP contribution in [0.4, 0.5) is 0 Å². The van der Waals surface area contributed by atoms with Crippen molar-refractivity contribution in [3.8, 4) is 28.7 Å². The molecule has 0 amide bonds. The van der Waals surface area contributed by atoms with Gasteiger partial charge in [0.2, 0.25) is 5.78 Å². The number of aliphatic hydroxyl groups is 3. The average Bonchev–Trinajstić information content (AvgIpc) is 2.76. The number of rotatable bonds is 4. The highest BCUT2D eigenvalue weighted by Crippen LogP contribution is 2.44. The molecule has 2 aliphatic heterocycles. The number of benzene rings is 2. The zero-order valence-corrected chi connectivity index (χ0v) is 16.8. The molecule has 11 heteroatoms. The fraction of sp³-hybridized carbons (Fsp3) is 0.381. The van der Waals surface area contributed by atoms with Gasteiger partial charge in [0.25, 0.3) is 0 Å². The Morgan fingerprint density at radius 1 is 0.969 bits per heavy atom. The minimum absolute atomic E-state index is 0.00941. The van der Waals surface area contributed by atoms with Crippen LogP contribution in [0.3, 0.4) is 0 Å². The van der Waals surface area contributed by atoms with Crippen molar-refractivity contribution in [3.63, 3.8) is 0 Å². The number of hydrogen-bond acceptors (Lipinski definition) is 11.